The summed E-state index contributed by atoms with van der Waals surface area (Å²) in [5.74, 6) is -0.826. The summed E-state index contributed by atoms with van der Waals surface area (Å²) in [6.07, 6.45) is 2.45. The molecule has 2 aromatic rings. The van der Waals surface area contributed by atoms with Gasteiger partial charge in [-0.3, -0.25) is 14.9 Å². The maximum Gasteiger partial charge on any atom is 0.331 e. The lowest BCUT2D eigenvalue weighted by atomic mass is 10.1. The molecule has 2 aromatic carbocycles. The maximum atomic E-state index is 11.9. The van der Waals surface area contributed by atoms with E-state index in [0.29, 0.717) is 11.4 Å². The smallest absolute Gasteiger partial charge is 0.331 e. The van der Waals surface area contributed by atoms with Gasteiger partial charge < -0.3 is 19.5 Å². The Bertz CT molecular complexity index is 1060. The molecule has 1 aliphatic heterocycles. The van der Waals surface area contributed by atoms with Gasteiger partial charge in [0.2, 0.25) is 6.79 Å². The summed E-state index contributed by atoms with van der Waals surface area (Å²) in [5.41, 5.74) is 1.16. The van der Waals surface area contributed by atoms with Gasteiger partial charge in [-0.25, -0.2) is 4.79 Å². The Kier molecular flexibility index (Phi) is 6.24. The number of anilines is 1. The van der Waals surface area contributed by atoms with E-state index in [1.807, 2.05) is 6.07 Å². The zero-order valence-corrected chi connectivity index (χ0v) is 15.5. The third-order valence-corrected chi connectivity index (χ3v) is 3.98. The van der Waals surface area contributed by atoms with Crippen LogP contribution in [0, 0.1) is 21.4 Å². The molecule has 10 nitrogen and oxygen atoms in total. The molecule has 1 amide bonds. The quantitative estimate of drug-likeness (QED) is 0.318. The predicted octanol–water partition coefficient (Wildman–Crippen LogP) is 2.58. The number of esters is 1. The molecular weight excluding hydrogens is 394 g/mol. The van der Waals surface area contributed by atoms with Gasteiger partial charge in [0.15, 0.2) is 18.1 Å². The van der Waals surface area contributed by atoms with Gasteiger partial charge >= 0.3 is 5.97 Å². The Morgan fingerprint density at radius 1 is 1.23 bits per heavy atom. The second kappa shape index (κ2) is 9.20. The van der Waals surface area contributed by atoms with Crippen molar-refractivity contribution in [1.82, 2.24) is 0 Å². The lowest BCUT2D eigenvalue weighted by Gasteiger charge is -2.06. The van der Waals surface area contributed by atoms with E-state index in [1.165, 1.54) is 18.2 Å². The number of amides is 1. The highest BCUT2D eigenvalue weighted by atomic mass is 16.7. The molecular formula is C20H15N3O7. The molecule has 10 heteroatoms. The van der Waals surface area contributed by atoms with Crippen LogP contribution < -0.4 is 14.8 Å². The Morgan fingerprint density at radius 3 is 2.60 bits per heavy atom. The molecule has 1 N–H and O–H groups in total. The Labute approximate surface area is 170 Å². The SMILES string of the molecule is N#CCc1ccc(NC(=O)COC(=O)/C=C/c2cc3c(cc2[N+](=O)[O-])OCO3)cc1. The van der Waals surface area contributed by atoms with Gasteiger partial charge in [-0.15, -0.1) is 0 Å². The van der Waals surface area contributed by atoms with Crippen LogP contribution in [0.3, 0.4) is 0 Å². The fraction of sp³-hybridized carbons (Fsp3) is 0.150. The number of benzene rings is 2. The minimum absolute atomic E-state index is 0.0438. The molecule has 0 spiro atoms. The van der Waals surface area contributed by atoms with Crippen LogP contribution >= 0.6 is 0 Å². The van der Waals surface area contributed by atoms with E-state index in [2.05, 4.69) is 5.32 Å². The Morgan fingerprint density at radius 2 is 1.93 bits per heavy atom. The first-order valence-corrected chi connectivity index (χ1v) is 8.65. The van der Waals surface area contributed by atoms with Gasteiger partial charge in [0, 0.05) is 11.8 Å². The molecule has 30 heavy (non-hydrogen) atoms. The van der Waals surface area contributed by atoms with Gasteiger partial charge in [-0.2, -0.15) is 5.26 Å². The molecule has 0 saturated heterocycles. The number of fused-ring (bicyclic) bond motifs is 1. The lowest BCUT2D eigenvalue weighted by molar-refractivity contribution is -0.385. The molecule has 0 aromatic heterocycles. The van der Waals surface area contributed by atoms with Crippen molar-refractivity contribution in [1.29, 1.82) is 5.26 Å². The number of hydrogen-bond donors (Lipinski definition) is 1. The van der Waals surface area contributed by atoms with Crippen LogP contribution in [0.25, 0.3) is 6.08 Å². The van der Waals surface area contributed by atoms with Gasteiger partial charge in [-0.05, 0) is 29.8 Å². The van der Waals surface area contributed by atoms with Crippen molar-refractivity contribution < 1.29 is 28.7 Å². The number of nitriles is 1. The fourth-order valence-electron chi connectivity index (χ4n) is 2.58. The highest BCUT2D eigenvalue weighted by molar-refractivity contribution is 5.94. The number of ether oxygens (including phenoxy) is 3. The van der Waals surface area contributed by atoms with Crippen LogP contribution in [0.4, 0.5) is 11.4 Å². The third-order valence-electron chi connectivity index (χ3n) is 3.98. The predicted molar refractivity (Wildman–Crippen MR) is 104 cm³/mol. The van der Waals surface area contributed by atoms with Crippen LogP contribution in [0.2, 0.25) is 0 Å². The summed E-state index contributed by atoms with van der Waals surface area (Å²) >= 11 is 0. The summed E-state index contributed by atoms with van der Waals surface area (Å²) in [7, 11) is 0. The summed E-state index contributed by atoms with van der Waals surface area (Å²) in [6.45, 7) is -0.579. The molecule has 1 heterocycles. The normalized spacial score (nSPS) is 11.7. The van der Waals surface area contributed by atoms with E-state index >= 15 is 0 Å². The first-order chi connectivity index (χ1) is 14.5. The van der Waals surface area contributed by atoms with Crippen LogP contribution in [0.5, 0.6) is 11.5 Å². The van der Waals surface area contributed by atoms with Crippen molar-refractivity contribution in [3.05, 3.63) is 63.7 Å². The highest BCUT2D eigenvalue weighted by Crippen LogP contribution is 2.38. The zero-order valence-electron chi connectivity index (χ0n) is 15.5. The van der Waals surface area contributed by atoms with Crippen LogP contribution in [0.1, 0.15) is 11.1 Å². The minimum Gasteiger partial charge on any atom is -0.454 e. The van der Waals surface area contributed by atoms with Crippen LogP contribution in [-0.4, -0.2) is 30.2 Å². The number of rotatable bonds is 7. The molecule has 0 saturated carbocycles. The Balaban J connectivity index is 1.55. The zero-order chi connectivity index (χ0) is 21.5. The second-order valence-corrected chi connectivity index (χ2v) is 6.04. The lowest BCUT2D eigenvalue weighted by Crippen LogP contribution is -2.20. The van der Waals surface area contributed by atoms with Crippen molar-refractivity contribution in [3.63, 3.8) is 0 Å². The molecule has 0 atom stereocenters. The number of hydrogen-bond acceptors (Lipinski definition) is 8. The topological polar surface area (TPSA) is 141 Å². The van der Waals surface area contributed by atoms with E-state index in [1.54, 1.807) is 24.3 Å². The molecule has 0 aliphatic carbocycles. The van der Waals surface area contributed by atoms with Gasteiger partial charge in [0.1, 0.15) is 0 Å². The average molecular weight is 409 g/mol. The molecule has 0 unspecified atom stereocenters. The van der Waals surface area contributed by atoms with Gasteiger partial charge in [-0.1, -0.05) is 12.1 Å². The third kappa shape index (κ3) is 5.11. The molecule has 3 rings (SSSR count). The fourth-order valence-corrected chi connectivity index (χ4v) is 2.58. The van der Waals surface area contributed by atoms with E-state index in [4.69, 9.17) is 19.5 Å². The first-order valence-electron chi connectivity index (χ1n) is 8.65. The van der Waals surface area contributed by atoms with Crippen molar-refractivity contribution in [2.75, 3.05) is 18.7 Å². The van der Waals surface area contributed by atoms with Crippen LogP contribution in [0.15, 0.2) is 42.5 Å². The number of nitrogens with zero attached hydrogens (tertiary/aromatic N) is 2. The second-order valence-electron chi connectivity index (χ2n) is 6.04. The van der Waals surface area contributed by atoms with E-state index < -0.39 is 23.4 Å². The summed E-state index contributed by atoms with van der Waals surface area (Å²) < 4.78 is 15.1. The maximum absolute atomic E-state index is 11.9. The molecule has 0 fully saturated rings. The van der Waals surface area contributed by atoms with E-state index in [-0.39, 0.29) is 30.2 Å². The van der Waals surface area contributed by atoms with Gasteiger partial charge in [0.05, 0.1) is 29.0 Å². The monoisotopic (exact) mass is 409 g/mol. The van der Waals surface area contributed by atoms with Gasteiger partial charge in [0.25, 0.3) is 11.6 Å². The highest BCUT2D eigenvalue weighted by Gasteiger charge is 2.22. The standard InChI is InChI=1S/C20H15N3O7/c21-8-7-13-1-4-15(5-2-13)22-19(24)11-28-20(25)6-3-14-9-17-18(30-12-29-17)10-16(14)23(26)27/h1-6,9-10H,7,11-12H2,(H,22,24)/b6-3+. The molecule has 0 bridgehead atoms. The van der Waals surface area contributed by atoms with E-state index in [0.717, 1.165) is 11.6 Å². The number of nitro benzene ring substituents is 1. The molecule has 0 radical (unpaired) electrons. The summed E-state index contributed by atoms with van der Waals surface area (Å²) in [4.78, 5) is 34.3. The van der Waals surface area contributed by atoms with E-state index in [9.17, 15) is 19.7 Å². The molecule has 152 valence electrons. The minimum atomic E-state index is -0.846. The number of nitro groups is 1. The number of carbonyl (C=O) groups excluding carboxylic acids is 2. The Hall–Kier alpha value is -4.39. The van der Waals surface area contributed by atoms with Crippen molar-refractivity contribution in [2.24, 2.45) is 0 Å². The summed E-state index contributed by atoms with van der Waals surface area (Å²) in [5, 5.41) is 22.4. The van der Waals surface area contributed by atoms with Crippen molar-refractivity contribution in [3.8, 4) is 17.6 Å². The average Bonchev–Trinajstić information content (AvgIpc) is 3.19. The summed E-state index contributed by atoms with van der Waals surface area (Å²) in [6, 6.07) is 11.3. The van der Waals surface area contributed by atoms with Crippen molar-refractivity contribution in [2.45, 2.75) is 6.42 Å². The van der Waals surface area contributed by atoms with Crippen molar-refractivity contribution >= 4 is 29.3 Å². The van der Waals surface area contributed by atoms with Crippen LogP contribution in [-0.2, 0) is 20.7 Å². The number of nitrogens with one attached hydrogen (secondary N) is 1. The largest absolute Gasteiger partial charge is 0.454 e. The first kappa shape index (κ1) is 20.3. The molecule has 1 aliphatic rings. The number of carbonyl (C=O) groups is 2.